The molecule has 1 heterocycles. The maximum atomic E-state index is 12.6. The van der Waals surface area contributed by atoms with Crippen LogP contribution in [0.15, 0.2) is 17.0 Å². The van der Waals surface area contributed by atoms with Crippen LogP contribution < -0.4 is 14.2 Å². The van der Waals surface area contributed by atoms with Crippen LogP contribution in [0.25, 0.3) is 0 Å². The zero-order valence-electron chi connectivity index (χ0n) is 13.1. The first-order chi connectivity index (χ1) is 10.3. The number of aryl methyl sites for hydroxylation is 3. The summed E-state index contributed by atoms with van der Waals surface area (Å²) in [5.74, 6) is 0.847. The Balaban J connectivity index is 2.44. The van der Waals surface area contributed by atoms with Crippen molar-refractivity contribution in [2.24, 2.45) is 0 Å². The third-order valence-corrected chi connectivity index (χ3v) is 5.82. The average molecular weight is 342 g/mol. The van der Waals surface area contributed by atoms with Crippen molar-refractivity contribution in [3.05, 3.63) is 28.3 Å². The van der Waals surface area contributed by atoms with Gasteiger partial charge in [0.2, 0.25) is 0 Å². The molecule has 0 unspecified atom stereocenters. The molecule has 0 aliphatic rings. The van der Waals surface area contributed by atoms with E-state index in [0.29, 0.717) is 22.2 Å². The third kappa shape index (κ3) is 3.17. The lowest BCUT2D eigenvalue weighted by Crippen LogP contribution is -2.14. The first-order valence-electron chi connectivity index (χ1n) is 6.48. The number of aromatic nitrogens is 1. The molecule has 120 valence electrons. The lowest BCUT2D eigenvalue weighted by atomic mass is 10.2. The molecule has 0 aliphatic carbocycles. The van der Waals surface area contributed by atoms with Crippen LogP contribution >= 0.6 is 11.3 Å². The van der Waals surface area contributed by atoms with Gasteiger partial charge in [-0.3, -0.25) is 4.72 Å². The van der Waals surface area contributed by atoms with E-state index in [9.17, 15) is 8.42 Å². The van der Waals surface area contributed by atoms with Crippen LogP contribution in [0, 0.1) is 20.8 Å². The predicted octanol–water partition coefficient (Wildman–Crippen LogP) is 2.89. The van der Waals surface area contributed by atoms with Crippen molar-refractivity contribution in [3.63, 3.8) is 0 Å². The van der Waals surface area contributed by atoms with Gasteiger partial charge in [0.05, 0.1) is 24.8 Å². The second-order valence-corrected chi connectivity index (χ2v) is 7.59. The van der Waals surface area contributed by atoms with E-state index in [1.807, 2.05) is 13.8 Å². The Morgan fingerprint density at radius 1 is 1.09 bits per heavy atom. The fourth-order valence-corrected chi connectivity index (χ4v) is 4.23. The number of rotatable bonds is 5. The molecule has 2 rings (SSSR count). The molecule has 8 heteroatoms. The van der Waals surface area contributed by atoms with Crippen LogP contribution in [0.3, 0.4) is 0 Å². The summed E-state index contributed by atoms with van der Waals surface area (Å²) >= 11 is 1.30. The summed E-state index contributed by atoms with van der Waals surface area (Å²) in [5.41, 5.74) is 1.38. The van der Waals surface area contributed by atoms with E-state index in [1.54, 1.807) is 13.0 Å². The number of anilines is 1. The molecule has 0 bridgehead atoms. The van der Waals surface area contributed by atoms with Crippen LogP contribution in [0.4, 0.5) is 5.13 Å². The van der Waals surface area contributed by atoms with Gasteiger partial charge in [-0.2, -0.15) is 0 Å². The molecule has 22 heavy (non-hydrogen) atoms. The van der Waals surface area contributed by atoms with Gasteiger partial charge in [0, 0.05) is 10.9 Å². The lowest BCUT2D eigenvalue weighted by molar-refractivity contribution is 0.353. The van der Waals surface area contributed by atoms with Gasteiger partial charge in [0.1, 0.15) is 0 Å². The van der Waals surface area contributed by atoms with Crippen molar-refractivity contribution in [1.29, 1.82) is 0 Å². The van der Waals surface area contributed by atoms with Crippen molar-refractivity contribution in [1.82, 2.24) is 4.98 Å². The second-order valence-electron chi connectivity index (χ2n) is 4.74. The molecule has 1 aromatic carbocycles. The maximum absolute atomic E-state index is 12.6. The lowest BCUT2D eigenvalue weighted by Gasteiger charge is -2.13. The van der Waals surface area contributed by atoms with E-state index in [0.717, 1.165) is 10.6 Å². The van der Waals surface area contributed by atoms with Gasteiger partial charge in [-0.15, -0.1) is 11.3 Å². The normalized spacial score (nSPS) is 11.3. The van der Waals surface area contributed by atoms with Crippen molar-refractivity contribution >= 4 is 26.5 Å². The number of ether oxygens (including phenoxy) is 2. The zero-order chi connectivity index (χ0) is 16.5. The monoisotopic (exact) mass is 342 g/mol. The Hall–Kier alpha value is -1.80. The zero-order valence-corrected chi connectivity index (χ0v) is 14.7. The summed E-state index contributed by atoms with van der Waals surface area (Å²) in [6.07, 6.45) is 0. The third-order valence-electron chi connectivity index (χ3n) is 3.22. The molecule has 0 fully saturated rings. The average Bonchev–Trinajstić information content (AvgIpc) is 2.75. The van der Waals surface area contributed by atoms with Crippen molar-refractivity contribution in [3.8, 4) is 11.5 Å². The molecule has 0 saturated heterocycles. The van der Waals surface area contributed by atoms with Gasteiger partial charge >= 0.3 is 0 Å². The van der Waals surface area contributed by atoms with Crippen LogP contribution in [0.2, 0.25) is 0 Å². The Morgan fingerprint density at radius 3 is 2.18 bits per heavy atom. The van der Waals surface area contributed by atoms with Crippen molar-refractivity contribution in [2.75, 3.05) is 18.9 Å². The summed E-state index contributed by atoms with van der Waals surface area (Å²) in [4.78, 5) is 5.31. The highest BCUT2D eigenvalue weighted by atomic mass is 32.2. The smallest absolute Gasteiger partial charge is 0.264 e. The molecule has 0 spiro atoms. The number of hydrogen-bond donors (Lipinski definition) is 1. The molecular weight excluding hydrogens is 324 g/mol. The quantitative estimate of drug-likeness (QED) is 0.904. The summed E-state index contributed by atoms with van der Waals surface area (Å²) in [7, 11) is -0.775. The fraction of sp³-hybridized carbons (Fsp3) is 0.357. The van der Waals surface area contributed by atoms with E-state index in [2.05, 4.69) is 9.71 Å². The topological polar surface area (TPSA) is 77.5 Å². The largest absolute Gasteiger partial charge is 0.493 e. The van der Waals surface area contributed by atoms with E-state index < -0.39 is 10.0 Å². The Bertz CT molecular complexity index is 778. The molecule has 0 atom stereocenters. The number of thiazole rings is 1. The Labute approximate surface area is 134 Å². The summed E-state index contributed by atoms with van der Waals surface area (Å²) in [6.45, 7) is 5.44. The minimum absolute atomic E-state index is 0.135. The molecule has 1 N–H and O–H groups in total. The molecular formula is C14H18N2O4S2. The molecule has 0 radical (unpaired) electrons. The molecule has 0 amide bonds. The first-order valence-corrected chi connectivity index (χ1v) is 8.78. The Morgan fingerprint density at radius 2 is 1.68 bits per heavy atom. The number of benzene rings is 1. The molecule has 6 nitrogen and oxygen atoms in total. The summed E-state index contributed by atoms with van der Waals surface area (Å²) in [6, 6.07) is 3.08. The van der Waals surface area contributed by atoms with E-state index >= 15 is 0 Å². The highest BCUT2D eigenvalue weighted by Gasteiger charge is 2.22. The van der Waals surface area contributed by atoms with Crippen LogP contribution in [-0.2, 0) is 10.0 Å². The minimum Gasteiger partial charge on any atom is -0.493 e. The van der Waals surface area contributed by atoms with E-state index in [-0.39, 0.29) is 4.90 Å². The van der Waals surface area contributed by atoms with Crippen molar-refractivity contribution < 1.29 is 17.9 Å². The second kappa shape index (κ2) is 6.13. The molecule has 2 aromatic rings. The molecule has 0 aliphatic heterocycles. The maximum Gasteiger partial charge on any atom is 0.264 e. The fourth-order valence-electron chi connectivity index (χ4n) is 1.94. The number of hydrogen-bond acceptors (Lipinski definition) is 6. The number of nitrogens with zero attached hydrogens (tertiary/aromatic N) is 1. The van der Waals surface area contributed by atoms with Gasteiger partial charge in [0.15, 0.2) is 16.6 Å². The van der Waals surface area contributed by atoms with Gasteiger partial charge in [0.25, 0.3) is 10.0 Å². The number of nitrogens with one attached hydrogen (secondary N) is 1. The van der Waals surface area contributed by atoms with Gasteiger partial charge in [-0.1, -0.05) is 0 Å². The predicted molar refractivity (Wildman–Crippen MR) is 86.7 cm³/mol. The summed E-state index contributed by atoms with van der Waals surface area (Å²) in [5, 5.41) is 0.351. The van der Waals surface area contributed by atoms with Crippen LogP contribution in [0.5, 0.6) is 11.5 Å². The standard InChI is InChI=1S/C14H18N2O4S2/c1-8-6-11(19-4)12(20-5)7-13(8)22(17,18)16-14-15-9(2)10(3)21-14/h6-7H,1-5H3,(H,15,16). The van der Waals surface area contributed by atoms with Gasteiger partial charge < -0.3 is 9.47 Å². The SMILES string of the molecule is COc1cc(C)c(S(=O)(=O)Nc2nc(C)c(C)s2)cc1OC. The van der Waals surface area contributed by atoms with Gasteiger partial charge in [-0.05, 0) is 32.4 Å². The molecule has 0 saturated carbocycles. The Kier molecular flexibility index (Phi) is 4.62. The van der Waals surface area contributed by atoms with Crippen molar-refractivity contribution in [2.45, 2.75) is 25.7 Å². The van der Waals surface area contributed by atoms with Gasteiger partial charge in [-0.25, -0.2) is 13.4 Å². The van der Waals surface area contributed by atoms with E-state index in [1.165, 1.54) is 31.6 Å². The minimum atomic E-state index is -3.74. The van der Waals surface area contributed by atoms with E-state index in [4.69, 9.17) is 9.47 Å². The first kappa shape index (κ1) is 16.6. The van der Waals surface area contributed by atoms with Crippen LogP contribution in [-0.4, -0.2) is 27.6 Å². The number of methoxy groups -OCH3 is 2. The highest BCUT2D eigenvalue weighted by Crippen LogP contribution is 2.33. The number of sulfonamides is 1. The summed E-state index contributed by atoms with van der Waals surface area (Å²) < 4.78 is 38.0. The highest BCUT2D eigenvalue weighted by molar-refractivity contribution is 7.93. The van der Waals surface area contributed by atoms with Crippen LogP contribution in [0.1, 0.15) is 16.1 Å². The molecule has 1 aromatic heterocycles.